The number of hydrogen-bond acceptors (Lipinski definition) is 3. The van der Waals surface area contributed by atoms with Gasteiger partial charge in [0.05, 0.1) is 6.61 Å². The molecule has 1 aromatic carbocycles. The number of benzene rings is 1. The lowest BCUT2D eigenvalue weighted by Gasteiger charge is -2.08. The Morgan fingerprint density at radius 1 is 1.50 bits per heavy atom. The first-order chi connectivity index (χ1) is 7.36. The van der Waals surface area contributed by atoms with Gasteiger partial charge >= 0.3 is 7.60 Å². The van der Waals surface area contributed by atoms with Crippen LogP contribution in [-0.2, 0) is 4.57 Å². The molecule has 1 rings (SSSR count). The highest BCUT2D eigenvalue weighted by Crippen LogP contribution is 2.41. The highest BCUT2D eigenvalue weighted by atomic mass is 79.9. The third-order valence-electron chi connectivity index (χ3n) is 1.74. The zero-order valence-electron chi connectivity index (χ0n) is 8.38. The van der Waals surface area contributed by atoms with Gasteiger partial charge in [-0.15, -0.1) is 0 Å². The molecule has 0 aliphatic carbocycles. The standard InChI is InChI=1S/C9H10BrO5P/c1-2-15-6-3-4-8(10)7(5-6)9(11)16(12,13)14/h3-5H,2H2,1H3,(H2,12,13,14). The number of carbonyl (C=O) groups is 1. The Morgan fingerprint density at radius 2 is 2.12 bits per heavy atom. The smallest absolute Gasteiger partial charge is 0.396 e. The van der Waals surface area contributed by atoms with E-state index in [9.17, 15) is 9.36 Å². The predicted molar refractivity (Wildman–Crippen MR) is 61.7 cm³/mol. The Morgan fingerprint density at radius 3 is 2.62 bits per heavy atom. The maximum absolute atomic E-state index is 11.4. The van der Waals surface area contributed by atoms with Gasteiger partial charge in [-0.25, -0.2) is 0 Å². The van der Waals surface area contributed by atoms with Crippen LogP contribution in [-0.4, -0.2) is 21.9 Å². The van der Waals surface area contributed by atoms with Crippen LogP contribution in [0.2, 0.25) is 0 Å². The normalized spacial score (nSPS) is 11.2. The molecule has 0 unspecified atom stereocenters. The van der Waals surface area contributed by atoms with Crippen LogP contribution in [0.15, 0.2) is 22.7 Å². The monoisotopic (exact) mass is 308 g/mol. The summed E-state index contributed by atoms with van der Waals surface area (Å²) in [6.45, 7) is 2.18. The number of hydrogen-bond donors (Lipinski definition) is 2. The summed E-state index contributed by atoms with van der Waals surface area (Å²) in [7, 11) is -4.77. The molecule has 0 aromatic heterocycles. The number of ether oxygens (including phenoxy) is 1. The molecule has 0 heterocycles. The lowest BCUT2D eigenvalue weighted by Crippen LogP contribution is -2.02. The summed E-state index contributed by atoms with van der Waals surface area (Å²) in [6, 6.07) is 4.41. The highest BCUT2D eigenvalue weighted by Gasteiger charge is 2.29. The fraction of sp³-hybridized carbons (Fsp3) is 0.222. The van der Waals surface area contributed by atoms with Crippen LogP contribution in [0.4, 0.5) is 0 Å². The molecule has 0 aliphatic rings. The van der Waals surface area contributed by atoms with Crippen molar-refractivity contribution in [3.8, 4) is 5.75 Å². The Labute approximate surface area is 101 Å². The van der Waals surface area contributed by atoms with Crippen LogP contribution in [0.25, 0.3) is 0 Å². The fourth-order valence-electron chi connectivity index (χ4n) is 1.08. The largest absolute Gasteiger partial charge is 0.494 e. The van der Waals surface area contributed by atoms with E-state index >= 15 is 0 Å². The molecule has 0 spiro atoms. The van der Waals surface area contributed by atoms with Crippen LogP contribution in [0.5, 0.6) is 5.75 Å². The van der Waals surface area contributed by atoms with Crippen LogP contribution in [0.3, 0.4) is 0 Å². The third-order valence-corrected chi connectivity index (χ3v) is 3.21. The molecular weight excluding hydrogens is 299 g/mol. The van der Waals surface area contributed by atoms with Crippen LogP contribution >= 0.6 is 23.5 Å². The van der Waals surface area contributed by atoms with Crippen molar-refractivity contribution in [3.63, 3.8) is 0 Å². The number of carbonyl (C=O) groups excluding carboxylic acids is 1. The van der Waals surface area contributed by atoms with Gasteiger partial charge in [0.1, 0.15) is 5.75 Å². The molecule has 0 atom stereocenters. The molecule has 5 nitrogen and oxygen atoms in total. The second-order valence-electron chi connectivity index (χ2n) is 2.92. The summed E-state index contributed by atoms with van der Waals surface area (Å²) in [5.74, 6) is 0.391. The SMILES string of the molecule is CCOc1ccc(Br)c(C(=O)P(=O)(O)O)c1. The first kappa shape index (κ1) is 13.4. The van der Waals surface area contributed by atoms with E-state index in [1.807, 2.05) is 0 Å². The molecule has 7 heteroatoms. The van der Waals surface area contributed by atoms with E-state index in [2.05, 4.69) is 15.9 Å². The summed E-state index contributed by atoms with van der Waals surface area (Å²) < 4.78 is 16.3. The first-order valence-corrected chi connectivity index (χ1v) is 6.79. The molecule has 16 heavy (non-hydrogen) atoms. The molecule has 0 saturated carbocycles. The van der Waals surface area contributed by atoms with Crippen LogP contribution in [0, 0.1) is 0 Å². The molecule has 0 fully saturated rings. The van der Waals surface area contributed by atoms with Gasteiger partial charge in [-0.1, -0.05) is 15.9 Å². The van der Waals surface area contributed by atoms with Crippen molar-refractivity contribution in [3.05, 3.63) is 28.2 Å². The first-order valence-electron chi connectivity index (χ1n) is 4.39. The van der Waals surface area contributed by atoms with E-state index in [-0.39, 0.29) is 5.56 Å². The van der Waals surface area contributed by atoms with E-state index in [0.717, 1.165) is 0 Å². The van der Waals surface area contributed by atoms with Gasteiger partial charge in [0.25, 0.3) is 5.52 Å². The Balaban J connectivity index is 3.17. The molecule has 0 aliphatic heterocycles. The summed E-state index contributed by atoms with van der Waals surface area (Å²) in [5, 5.41) is 0. The van der Waals surface area contributed by atoms with Crippen molar-refractivity contribution >= 4 is 29.1 Å². The minimum absolute atomic E-state index is 0.0840. The predicted octanol–water partition coefficient (Wildman–Crippen LogP) is 2.17. The van der Waals surface area contributed by atoms with Gasteiger partial charge in [-0.3, -0.25) is 9.36 Å². The highest BCUT2D eigenvalue weighted by molar-refractivity contribution is 9.10. The van der Waals surface area contributed by atoms with Gasteiger partial charge in [0, 0.05) is 10.0 Å². The molecule has 1 aromatic rings. The topological polar surface area (TPSA) is 83.8 Å². The van der Waals surface area contributed by atoms with Gasteiger partial charge < -0.3 is 14.5 Å². The van der Waals surface area contributed by atoms with E-state index < -0.39 is 13.1 Å². The van der Waals surface area contributed by atoms with Gasteiger partial charge in [0.2, 0.25) is 0 Å². The van der Waals surface area contributed by atoms with Gasteiger partial charge in [-0.05, 0) is 25.1 Å². The van der Waals surface area contributed by atoms with Crippen molar-refractivity contribution < 1.29 is 23.9 Å². The minimum atomic E-state index is -4.77. The molecule has 0 bridgehead atoms. The summed E-state index contributed by atoms with van der Waals surface area (Å²) in [5.41, 5.74) is -1.31. The Kier molecular flexibility index (Phi) is 4.27. The number of halogens is 1. The molecule has 0 amide bonds. The zero-order chi connectivity index (χ0) is 12.3. The molecule has 0 saturated heterocycles. The maximum atomic E-state index is 11.4. The lowest BCUT2D eigenvalue weighted by atomic mass is 10.2. The van der Waals surface area contributed by atoms with E-state index in [0.29, 0.717) is 16.8 Å². The van der Waals surface area contributed by atoms with Crippen LogP contribution in [0.1, 0.15) is 17.3 Å². The second-order valence-corrected chi connectivity index (χ2v) is 5.27. The molecular formula is C9H10BrO5P. The van der Waals surface area contributed by atoms with Crippen molar-refractivity contribution in [1.82, 2.24) is 0 Å². The maximum Gasteiger partial charge on any atom is 0.396 e. The Bertz CT molecular complexity index is 453. The zero-order valence-corrected chi connectivity index (χ0v) is 10.9. The van der Waals surface area contributed by atoms with E-state index in [1.54, 1.807) is 13.0 Å². The average Bonchev–Trinajstić information content (AvgIpc) is 2.19. The van der Waals surface area contributed by atoms with Crippen LogP contribution < -0.4 is 4.74 Å². The lowest BCUT2D eigenvalue weighted by molar-refractivity contribution is 0.104. The average molecular weight is 309 g/mol. The summed E-state index contributed by atoms with van der Waals surface area (Å²) in [6.07, 6.45) is 0. The van der Waals surface area contributed by atoms with E-state index in [4.69, 9.17) is 14.5 Å². The fourth-order valence-corrected chi connectivity index (χ4v) is 2.16. The summed E-state index contributed by atoms with van der Waals surface area (Å²) >= 11 is 3.05. The second kappa shape index (κ2) is 5.10. The molecule has 0 radical (unpaired) electrons. The van der Waals surface area contributed by atoms with E-state index in [1.165, 1.54) is 12.1 Å². The minimum Gasteiger partial charge on any atom is -0.494 e. The quantitative estimate of drug-likeness (QED) is 0.833. The van der Waals surface area contributed by atoms with Crippen molar-refractivity contribution in [2.45, 2.75) is 6.92 Å². The Hall–Kier alpha value is -0.680. The molecule has 88 valence electrons. The third kappa shape index (κ3) is 3.15. The van der Waals surface area contributed by atoms with Gasteiger partial charge in [0.15, 0.2) is 0 Å². The van der Waals surface area contributed by atoms with Crippen molar-refractivity contribution in [2.24, 2.45) is 0 Å². The van der Waals surface area contributed by atoms with Crippen molar-refractivity contribution in [1.29, 1.82) is 0 Å². The number of rotatable bonds is 4. The van der Waals surface area contributed by atoms with Crippen molar-refractivity contribution in [2.75, 3.05) is 6.61 Å². The summed E-state index contributed by atoms with van der Waals surface area (Å²) in [4.78, 5) is 29.0. The van der Waals surface area contributed by atoms with Gasteiger partial charge in [-0.2, -0.15) is 0 Å². The molecule has 2 N–H and O–H groups in total.